The smallest absolute Gasteiger partial charge is 0.234 e. The molecule has 0 spiro atoms. The predicted molar refractivity (Wildman–Crippen MR) is 116 cm³/mol. The topological polar surface area (TPSA) is 89.8 Å². The van der Waals surface area contributed by atoms with Crippen LogP contribution >= 0.6 is 0 Å². The molecule has 0 radical (unpaired) electrons. The zero-order valence-corrected chi connectivity index (χ0v) is 17.3. The monoisotopic (exact) mass is 422 g/mol. The SMILES string of the molecule is O=C1CC[C@@H](c2coc3cc4ccc(OCCNC5CCOCC5)cc4cc23)C(=O)N1. The Morgan fingerprint density at radius 1 is 1.06 bits per heavy atom. The molecule has 2 fully saturated rings. The van der Waals surface area contributed by atoms with Gasteiger partial charge in [0.1, 0.15) is 17.9 Å². The van der Waals surface area contributed by atoms with Crippen LogP contribution in [-0.4, -0.2) is 44.2 Å². The van der Waals surface area contributed by atoms with Gasteiger partial charge in [-0.05, 0) is 54.3 Å². The van der Waals surface area contributed by atoms with E-state index in [4.69, 9.17) is 13.9 Å². The Labute approximate surface area is 180 Å². The number of nitrogens with one attached hydrogen (secondary N) is 2. The molecule has 7 heteroatoms. The number of carbonyl (C=O) groups excluding carboxylic acids is 2. The average Bonchev–Trinajstić information content (AvgIpc) is 3.18. The fraction of sp³-hybridized carbons (Fsp3) is 0.417. The van der Waals surface area contributed by atoms with Crippen LogP contribution in [0.5, 0.6) is 5.75 Å². The van der Waals surface area contributed by atoms with E-state index >= 15 is 0 Å². The van der Waals surface area contributed by atoms with Gasteiger partial charge in [0, 0.05) is 43.2 Å². The fourth-order valence-corrected chi connectivity index (χ4v) is 4.45. The van der Waals surface area contributed by atoms with Crippen LogP contribution in [0.25, 0.3) is 21.7 Å². The molecule has 1 aromatic heterocycles. The molecular weight excluding hydrogens is 396 g/mol. The lowest BCUT2D eigenvalue weighted by atomic mass is 9.90. The molecule has 0 aliphatic carbocycles. The first-order valence-electron chi connectivity index (χ1n) is 10.9. The second kappa shape index (κ2) is 8.69. The van der Waals surface area contributed by atoms with Crippen LogP contribution in [0.3, 0.4) is 0 Å². The van der Waals surface area contributed by atoms with E-state index in [1.54, 1.807) is 6.26 Å². The Balaban J connectivity index is 1.31. The van der Waals surface area contributed by atoms with Crippen molar-refractivity contribution in [2.45, 2.75) is 37.6 Å². The molecule has 31 heavy (non-hydrogen) atoms. The van der Waals surface area contributed by atoms with Crippen molar-refractivity contribution in [3.8, 4) is 5.75 Å². The molecule has 1 atom stereocenters. The number of imide groups is 1. The molecule has 3 heterocycles. The average molecular weight is 422 g/mol. The molecule has 0 bridgehead atoms. The van der Waals surface area contributed by atoms with E-state index in [-0.39, 0.29) is 17.7 Å². The summed E-state index contributed by atoms with van der Waals surface area (Å²) in [5.41, 5.74) is 1.57. The second-order valence-corrected chi connectivity index (χ2v) is 8.24. The van der Waals surface area contributed by atoms with Gasteiger partial charge in [0.15, 0.2) is 0 Å². The van der Waals surface area contributed by atoms with Crippen LogP contribution < -0.4 is 15.4 Å². The van der Waals surface area contributed by atoms with E-state index in [1.165, 1.54) is 0 Å². The minimum atomic E-state index is -0.368. The van der Waals surface area contributed by atoms with Crippen LogP contribution in [-0.2, 0) is 14.3 Å². The molecule has 5 rings (SSSR count). The first-order chi connectivity index (χ1) is 15.2. The molecule has 2 aromatic carbocycles. The fourth-order valence-electron chi connectivity index (χ4n) is 4.45. The lowest BCUT2D eigenvalue weighted by Gasteiger charge is -2.23. The Bertz CT molecular complexity index is 1120. The summed E-state index contributed by atoms with van der Waals surface area (Å²) in [4.78, 5) is 23.8. The molecule has 2 saturated heterocycles. The van der Waals surface area contributed by atoms with Crippen LogP contribution in [0.4, 0.5) is 0 Å². The molecule has 3 aromatic rings. The molecule has 0 saturated carbocycles. The summed E-state index contributed by atoms with van der Waals surface area (Å²) in [6.07, 6.45) is 4.58. The number of amides is 2. The van der Waals surface area contributed by atoms with Crippen molar-refractivity contribution in [3.05, 3.63) is 42.2 Å². The molecule has 0 unspecified atom stereocenters. The van der Waals surface area contributed by atoms with E-state index in [0.29, 0.717) is 25.5 Å². The highest BCUT2D eigenvalue weighted by Crippen LogP contribution is 2.35. The molecule has 7 nitrogen and oxygen atoms in total. The lowest BCUT2D eigenvalue weighted by Crippen LogP contribution is -2.39. The van der Waals surface area contributed by atoms with E-state index in [9.17, 15) is 9.59 Å². The van der Waals surface area contributed by atoms with Crippen LogP contribution in [0, 0.1) is 0 Å². The summed E-state index contributed by atoms with van der Waals surface area (Å²) in [6, 6.07) is 10.5. The van der Waals surface area contributed by atoms with Gasteiger partial charge in [-0.15, -0.1) is 0 Å². The van der Waals surface area contributed by atoms with Gasteiger partial charge in [0.05, 0.1) is 12.2 Å². The van der Waals surface area contributed by atoms with Crippen molar-refractivity contribution in [1.29, 1.82) is 0 Å². The maximum Gasteiger partial charge on any atom is 0.234 e. The van der Waals surface area contributed by atoms with Gasteiger partial charge in [-0.2, -0.15) is 0 Å². The first-order valence-corrected chi connectivity index (χ1v) is 10.9. The van der Waals surface area contributed by atoms with Gasteiger partial charge in [-0.1, -0.05) is 6.07 Å². The van der Waals surface area contributed by atoms with Crippen molar-refractivity contribution in [1.82, 2.24) is 10.6 Å². The minimum Gasteiger partial charge on any atom is -0.492 e. The summed E-state index contributed by atoms with van der Waals surface area (Å²) >= 11 is 0. The largest absolute Gasteiger partial charge is 0.492 e. The molecule has 2 amide bonds. The third-order valence-electron chi connectivity index (χ3n) is 6.17. The zero-order chi connectivity index (χ0) is 21.2. The van der Waals surface area contributed by atoms with Gasteiger partial charge in [-0.25, -0.2) is 0 Å². The Morgan fingerprint density at radius 3 is 2.77 bits per heavy atom. The van der Waals surface area contributed by atoms with Crippen LogP contribution in [0.2, 0.25) is 0 Å². The highest BCUT2D eigenvalue weighted by atomic mass is 16.5. The number of hydrogen-bond donors (Lipinski definition) is 2. The predicted octanol–water partition coefficient (Wildman–Crippen LogP) is 3.25. The summed E-state index contributed by atoms with van der Waals surface area (Å²) in [6.45, 7) is 3.04. The van der Waals surface area contributed by atoms with Crippen molar-refractivity contribution in [3.63, 3.8) is 0 Å². The Hall–Kier alpha value is -2.90. The maximum absolute atomic E-state index is 12.3. The van der Waals surface area contributed by atoms with Crippen LogP contribution in [0.15, 0.2) is 41.0 Å². The number of benzene rings is 2. The normalized spacial score (nSPS) is 20.3. The molecule has 2 aliphatic rings. The van der Waals surface area contributed by atoms with E-state index in [0.717, 1.165) is 65.7 Å². The van der Waals surface area contributed by atoms with Gasteiger partial charge < -0.3 is 19.2 Å². The number of piperidine rings is 1. The third-order valence-corrected chi connectivity index (χ3v) is 6.17. The van der Waals surface area contributed by atoms with Crippen LogP contribution in [0.1, 0.15) is 37.2 Å². The van der Waals surface area contributed by atoms with Gasteiger partial charge in [-0.3, -0.25) is 14.9 Å². The molecular formula is C24H26N2O5. The number of ether oxygens (including phenoxy) is 2. The summed E-state index contributed by atoms with van der Waals surface area (Å²) < 4.78 is 17.1. The van der Waals surface area contributed by atoms with E-state index in [2.05, 4.69) is 10.6 Å². The summed E-state index contributed by atoms with van der Waals surface area (Å²) in [5, 5.41) is 8.92. The van der Waals surface area contributed by atoms with E-state index in [1.807, 2.05) is 30.3 Å². The van der Waals surface area contributed by atoms with Crippen molar-refractivity contribution >= 4 is 33.6 Å². The molecule has 2 aliphatic heterocycles. The standard InChI is InChI=1S/C24H26N2O5/c27-23-4-3-19(24(28)26-23)21-14-31-22-13-15-1-2-18(11-16(15)12-20(21)22)30-10-7-25-17-5-8-29-9-6-17/h1-2,11-14,17,19,25H,3-10H2,(H,26,27,28)/t19-/m0/s1. The quantitative estimate of drug-likeness (QED) is 0.468. The maximum atomic E-state index is 12.3. The second-order valence-electron chi connectivity index (χ2n) is 8.24. The number of rotatable bonds is 6. The van der Waals surface area contributed by atoms with Gasteiger partial charge >= 0.3 is 0 Å². The minimum absolute atomic E-state index is 0.215. The Kier molecular flexibility index (Phi) is 5.61. The molecule has 2 N–H and O–H groups in total. The lowest BCUT2D eigenvalue weighted by molar-refractivity contribution is -0.134. The number of fused-ring (bicyclic) bond motifs is 2. The Morgan fingerprint density at radius 2 is 1.94 bits per heavy atom. The van der Waals surface area contributed by atoms with Crippen molar-refractivity contribution in [2.24, 2.45) is 0 Å². The summed E-state index contributed by atoms with van der Waals surface area (Å²) in [7, 11) is 0. The number of carbonyl (C=O) groups is 2. The van der Waals surface area contributed by atoms with Gasteiger partial charge in [0.2, 0.25) is 11.8 Å². The zero-order valence-electron chi connectivity index (χ0n) is 17.3. The van der Waals surface area contributed by atoms with Crippen molar-refractivity contribution < 1.29 is 23.5 Å². The molecule has 162 valence electrons. The van der Waals surface area contributed by atoms with Crippen molar-refractivity contribution in [2.75, 3.05) is 26.4 Å². The number of hydrogen-bond acceptors (Lipinski definition) is 6. The number of furan rings is 1. The first kappa shape index (κ1) is 20.0. The highest BCUT2D eigenvalue weighted by molar-refractivity contribution is 6.04. The highest BCUT2D eigenvalue weighted by Gasteiger charge is 2.30. The third kappa shape index (κ3) is 4.29. The summed E-state index contributed by atoms with van der Waals surface area (Å²) in [5.74, 6) is -0.0282. The van der Waals surface area contributed by atoms with Gasteiger partial charge in [0.25, 0.3) is 0 Å². The van der Waals surface area contributed by atoms with E-state index < -0.39 is 0 Å².